The van der Waals surface area contributed by atoms with Gasteiger partial charge in [0.1, 0.15) is 6.61 Å². The predicted octanol–water partition coefficient (Wildman–Crippen LogP) is 4.65. The third kappa shape index (κ3) is 13.7. The van der Waals surface area contributed by atoms with Crippen LogP contribution >= 0.6 is 0 Å². The van der Waals surface area contributed by atoms with Crippen molar-refractivity contribution in [2.45, 2.75) is 65.2 Å². The summed E-state index contributed by atoms with van der Waals surface area (Å²) >= 11 is 0. The van der Waals surface area contributed by atoms with Crippen molar-refractivity contribution < 1.29 is 9.78 Å². The van der Waals surface area contributed by atoms with Gasteiger partial charge in [-0.1, -0.05) is 64.0 Å². The lowest BCUT2D eigenvalue weighted by Gasteiger charge is -2.02. The van der Waals surface area contributed by atoms with Gasteiger partial charge in [-0.15, -0.1) is 0 Å². The SMILES string of the molecule is C/C=C/COOCCCCCCCCCC. The van der Waals surface area contributed by atoms with Crippen molar-refractivity contribution in [3.63, 3.8) is 0 Å². The quantitative estimate of drug-likeness (QED) is 0.209. The molecule has 0 N–H and O–H groups in total. The Bertz CT molecular complexity index is 144. The Kier molecular flexibility index (Phi) is 14.3. The third-order valence-corrected chi connectivity index (χ3v) is 2.56. The van der Waals surface area contributed by atoms with E-state index in [9.17, 15) is 0 Å². The molecule has 0 radical (unpaired) electrons. The molecule has 0 spiro atoms. The molecule has 0 fully saturated rings. The number of unbranched alkanes of at least 4 members (excludes halogenated alkanes) is 7. The summed E-state index contributed by atoms with van der Waals surface area (Å²) < 4.78 is 0. The van der Waals surface area contributed by atoms with Crippen molar-refractivity contribution in [2.24, 2.45) is 0 Å². The third-order valence-electron chi connectivity index (χ3n) is 2.56. The van der Waals surface area contributed by atoms with Gasteiger partial charge in [-0.2, -0.15) is 0 Å². The van der Waals surface area contributed by atoms with E-state index in [1.165, 1.54) is 44.9 Å². The maximum atomic E-state index is 5.03. The van der Waals surface area contributed by atoms with Crippen molar-refractivity contribution in [1.29, 1.82) is 0 Å². The molecule has 0 saturated heterocycles. The smallest absolute Gasteiger partial charge is 0.100 e. The molecule has 0 aliphatic heterocycles. The van der Waals surface area contributed by atoms with E-state index in [0.29, 0.717) is 6.61 Å². The largest absolute Gasteiger partial charge is 0.236 e. The molecule has 0 amide bonds. The first-order chi connectivity index (χ1) is 7.91. The second kappa shape index (κ2) is 14.7. The number of allylic oxidation sites excluding steroid dienone is 1. The van der Waals surface area contributed by atoms with Gasteiger partial charge >= 0.3 is 0 Å². The molecule has 96 valence electrons. The number of rotatable bonds is 12. The van der Waals surface area contributed by atoms with E-state index in [-0.39, 0.29) is 0 Å². The number of hydrogen-bond donors (Lipinski definition) is 0. The monoisotopic (exact) mass is 228 g/mol. The molecule has 0 aliphatic rings. The fourth-order valence-electron chi connectivity index (χ4n) is 1.54. The molecule has 0 rings (SSSR count). The molecule has 0 aromatic rings. The maximum absolute atomic E-state index is 5.03. The van der Waals surface area contributed by atoms with E-state index >= 15 is 0 Å². The molecule has 2 nitrogen and oxygen atoms in total. The van der Waals surface area contributed by atoms with Gasteiger partial charge in [0.05, 0.1) is 6.61 Å². The highest BCUT2D eigenvalue weighted by molar-refractivity contribution is 4.75. The Balaban J connectivity index is 2.88. The molecule has 0 bridgehead atoms. The lowest BCUT2D eigenvalue weighted by atomic mass is 10.1. The molecule has 16 heavy (non-hydrogen) atoms. The molecule has 0 aromatic heterocycles. The van der Waals surface area contributed by atoms with E-state index in [2.05, 4.69) is 6.92 Å². The van der Waals surface area contributed by atoms with Gasteiger partial charge in [0.15, 0.2) is 0 Å². The normalized spacial score (nSPS) is 11.4. The zero-order valence-corrected chi connectivity index (χ0v) is 11.0. The highest BCUT2D eigenvalue weighted by Gasteiger charge is 1.92. The van der Waals surface area contributed by atoms with Crippen LogP contribution in [0.5, 0.6) is 0 Å². The first kappa shape index (κ1) is 15.7. The van der Waals surface area contributed by atoms with Crippen LogP contribution in [-0.2, 0) is 9.78 Å². The summed E-state index contributed by atoms with van der Waals surface area (Å²) in [5, 5.41) is 0. The van der Waals surface area contributed by atoms with Gasteiger partial charge in [0.2, 0.25) is 0 Å². The van der Waals surface area contributed by atoms with Crippen LogP contribution < -0.4 is 0 Å². The molecule has 0 heterocycles. The van der Waals surface area contributed by atoms with Crippen molar-refractivity contribution >= 4 is 0 Å². The van der Waals surface area contributed by atoms with E-state index in [4.69, 9.17) is 9.78 Å². The second-order valence-electron chi connectivity index (χ2n) is 4.15. The molecule has 0 aromatic carbocycles. The van der Waals surface area contributed by atoms with E-state index < -0.39 is 0 Å². The molecule has 2 heteroatoms. The Hall–Kier alpha value is -0.340. The minimum atomic E-state index is 0.563. The van der Waals surface area contributed by atoms with E-state index in [1.807, 2.05) is 19.1 Å². The van der Waals surface area contributed by atoms with Crippen LogP contribution in [0.25, 0.3) is 0 Å². The topological polar surface area (TPSA) is 18.5 Å². The lowest BCUT2D eigenvalue weighted by molar-refractivity contribution is -0.286. The zero-order valence-electron chi connectivity index (χ0n) is 11.0. The summed E-state index contributed by atoms with van der Waals surface area (Å²) in [6, 6.07) is 0. The first-order valence-corrected chi connectivity index (χ1v) is 6.77. The minimum Gasteiger partial charge on any atom is -0.236 e. The van der Waals surface area contributed by atoms with Crippen LogP contribution in [0.1, 0.15) is 65.2 Å². The van der Waals surface area contributed by atoms with Crippen LogP contribution in [-0.4, -0.2) is 13.2 Å². The van der Waals surface area contributed by atoms with Crippen LogP contribution in [0, 0.1) is 0 Å². The molecule has 0 aliphatic carbocycles. The Morgan fingerprint density at radius 3 is 2.06 bits per heavy atom. The molecule has 0 unspecified atom stereocenters. The van der Waals surface area contributed by atoms with Gasteiger partial charge in [-0.05, 0) is 13.3 Å². The summed E-state index contributed by atoms with van der Waals surface area (Å²) in [5.41, 5.74) is 0. The van der Waals surface area contributed by atoms with Crippen LogP contribution in [0.15, 0.2) is 12.2 Å². The van der Waals surface area contributed by atoms with E-state index in [1.54, 1.807) is 0 Å². The van der Waals surface area contributed by atoms with Crippen LogP contribution in [0.2, 0.25) is 0 Å². The Morgan fingerprint density at radius 2 is 1.44 bits per heavy atom. The van der Waals surface area contributed by atoms with Crippen molar-refractivity contribution in [1.82, 2.24) is 0 Å². The van der Waals surface area contributed by atoms with Crippen LogP contribution in [0.4, 0.5) is 0 Å². The molecule has 0 atom stereocenters. The highest BCUT2D eigenvalue weighted by Crippen LogP contribution is 2.08. The van der Waals surface area contributed by atoms with Gasteiger partial charge in [-0.3, -0.25) is 0 Å². The van der Waals surface area contributed by atoms with Gasteiger partial charge in [-0.25, -0.2) is 9.78 Å². The minimum absolute atomic E-state index is 0.563. The van der Waals surface area contributed by atoms with Crippen molar-refractivity contribution in [3.05, 3.63) is 12.2 Å². The molecular formula is C14H28O2. The summed E-state index contributed by atoms with van der Waals surface area (Å²) in [5.74, 6) is 0. The summed E-state index contributed by atoms with van der Waals surface area (Å²) in [6.07, 6.45) is 14.5. The summed E-state index contributed by atoms with van der Waals surface area (Å²) in [4.78, 5) is 9.98. The Labute approximate surface area is 101 Å². The first-order valence-electron chi connectivity index (χ1n) is 6.77. The lowest BCUT2D eigenvalue weighted by Crippen LogP contribution is -1.96. The molecule has 0 saturated carbocycles. The second-order valence-corrected chi connectivity index (χ2v) is 4.15. The predicted molar refractivity (Wildman–Crippen MR) is 69.3 cm³/mol. The van der Waals surface area contributed by atoms with Crippen molar-refractivity contribution in [3.8, 4) is 0 Å². The fourth-order valence-corrected chi connectivity index (χ4v) is 1.54. The maximum Gasteiger partial charge on any atom is 0.100 e. The zero-order chi connectivity index (χ0) is 11.9. The molecular weight excluding hydrogens is 200 g/mol. The average molecular weight is 228 g/mol. The van der Waals surface area contributed by atoms with E-state index in [0.717, 1.165) is 13.0 Å². The summed E-state index contributed by atoms with van der Waals surface area (Å²) in [7, 11) is 0. The van der Waals surface area contributed by atoms with Gasteiger partial charge < -0.3 is 0 Å². The van der Waals surface area contributed by atoms with Crippen molar-refractivity contribution in [2.75, 3.05) is 13.2 Å². The number of hydrogen-bond acceptors (Lipinski definition) is 2. The standard InChI is InChI=1S/C14H28O2/c1-3-5-7-8-9-10-11-12-14-16-15-13-6-4-2/h4,6H,3,5,7-14H2,1-2H3/b6-4+. The van der Waals surface area contributed by atoms with Crippen LogP contribution in [0.3, 0.4) is 0 Å². The summed E-state index contributed by atoms with van der Waals surface area (Å²) in [6.45, 7) is 5.52. The fraction of sp³-hybridized carbons (Fsp3) is 0.857. The Morgan fingerprint density at radius 1 is 0.812 bits per heavy atom. The van der Waals surface area contributed by atoms with Gasteiger partial charge in [0, 0.05) is 0 Å². The highest BCUT2D eigenvalue weighted by atomic mass is 17.2. The van der Waals surface area contributed by atoms with Gasteiger partial charge in [0.25, 0.3) is 0 Å². The average Bonchev–Trinajstić information content (AvgIpc) is 2.31.